The predicted molar refractivity (Wildman–Crippen MR) is 144 cm³/mol. The Balaban J connectivity index is 1.59. The smallest absolute Gasteiger partial charge is 0.250 e. The summed E-state index contributed by atoms with van der Waals surface area (Å²) in [6.45, 7) is 7.43. The quantitative estimate of drug-likeness (QED) is 0.202. The molecule has 186 valence electrons. The van der Waals surface area contributed by atoms with E-state index in [1.807, 2.05) is 56.3 Å². The van der Waals surface area contributed by atoms with E-state index in [0.29, 0.717) is 29.8 Å². The molecule has 1 heterocycles. The zero-order valence-corrected chi connectivity index (χ0v) is 21.7. The number of hydrogen-bond acceptors (Lipinski definition) is 6. The molecule has 1 amide bonds. The van der Waals surface area contributed by atoms with Gasteiger partial charge < -0.3 is 14.2 Å². The lowest BCUT2D eigenvalue weighted by Gasteiger charge is -2.11. The first-order valence-electron chi connectivity index (χ1n) is 12.0. The lowest BCUT2D eigenvalue weighted by atomic mass is 10.1. The molecule has 0 aliphatic carbocycles. The van der Waals surface area contributed by atoms with Gasteiger partial charge in [0.1, 0.15) is 5.75 Å². The maximum Gasteiger partial charge on any atom is 0.250 e. The van der Waals surface area contributed by atoms with Gasteiger partial charge >= 0.3 is 0 Å². The summed E-state index contributed by atoms with van der Waals surface area (Å²) in [6.07, 6.45) is 7.84. The third-order valence-corrected chi connectivity index (χ3v) is 6.22. The largest absolute Gasteiger partial charge is 0.494 e. The molecule has 7 heteroatoms. The van der Waals surface area contributed by atoms with Gasteiger partial charge in [-0.2, -0.15) is 0 Å². The van der Waals surface area contributed by atoms with Crippen molar-refractivity contribution in [3.63, 3.8) is 0 Å². The van der Waals surface area contributed by atoms with Crippen LogP contribution in [0.1, 0.15) is 50.0 Å². The molecule has 3 aromatic rings. The van der Waals surface area contributed by atoms with Crippen LogP contribution in [-0.2, 0) is 4.79 Å². The van der Waals surface area contributed by atoms with E-state index in [1.54, 1.807) is 13.2 Å². The number of nitrogens with zero attached hydrogens (tertiary/aromatic N) is 1. The van der Waals surface area contributed by atoms with Crippen molar-refractivity contribution < 1.29 is 19.0 Å². The first-order chi connectivity index (χ1) is 17.0. The third kappa shape index (κ3) is 7.86. The Morgan fingerprint density at radius 2 is 1.83 bits per heavy atom. The fraction of sp³-hybridized carbons (Fsp3) is 0.357. The monoisotopic (exact) mass is 494 g/mol. The van der Waals surface area contributed by atoms with Crippen molar-refractivity contribution in [2.75, 3.05) is 25.6 Å². The highest BCUT2D eigenvalue weighted by Gasteiger charge is 2.12. The number of carbonyl (C=O) groups excluding carboxylic acids is 1. The second-order valence-corrected chi connectivity index (χ2v) is 9.23. The normalized spacial score (nSPS) is 11.0. The van der Waals surface area contributed by atoms with Crippen LogP contribution >= 0.6 is 11.3 Å². The van der Waals surface area contributed by atoms with Gasteiger partial charge in [-0.15, -0.1) is 11.3 Å². The van der Waals surface area contributed by atoms with Crippen LogP contribution in [0.3, 0.4) is 0 Å². The van der Waals surface area contributed by atoms with Gasteiger partial charge in [0.05, 0.1) is 26.0 Å². The van der Waals surface area contributed by atoms with E-state index < -0.39 is 0 Å². The van der Waals surface area contributed by atoms with Crippen molar-refractivity contribution in [1.82, 2.24) is 4.98 Å². The molecule has 1 aromatic heterocycles. The summed E-state index contributed by atoms with van der Waals surface area (Å²) in [5.41, 5.74) is 2.69. The molecule has 0 radical (unpaired) electrons. The Morgan fingerprint density at radius 3 is 2.54 bits per heavy atom. The second-order valence-electron chi connectivity index (χ2n) is 8.02. The Kier molecular flexibility index (Phi) is 10.2. The molecule has 6 nitrogen and oxygen atoms in total. The van der Waals surface area contributed by atoms with Crippen molar-refractivity contribution in [2.45, 2.75) is 46.5 Å². The maximum atomic E-state index is 12.5. The Morgan fingerprint density at radius 1 is 1.03 bits per heavy atom. The minimum Gasteiger partial charge on any atom is -0.494 e. The second kappa shape index (κ2) is 13.5. The third-order valence-electron chi connectivity index (χ3n) is 5.34. The number of thiazole rings is 1. The number of nitrogens with one attached hydrogen (secondary N) is 1. The molecule has 0 saturated heterocycles. The van der Waals surface area contributed by atoms with E-state index in [1.165, 1.54) is 30.3 Å². The van der Waals surface area contributed by atoms with Gasteiger partial charge in [0, 0.05) is 16.5 Å². The number of unbranched alkanes of at least 4 members (excludes halogenated alkanes) is 3. The molecular formula is C28H34N2O4S. The first kappa shape index (κ1) is 26.3. The zero-order valence-electron chi connectivity index (χ0n) is 20.9. The van der Waals surface area contributed by atoms with Crippen molar-refractivity contribution in [1.29, 1.82) is 0 Å². The number of benzene rings is 2. The average molecular weight is 495 g/mol. The van der Waals surface area contributed by atoms with Crippen molar-refractivity contribution in [3.8, 4) is 28.5 Å². The number of rotatable bonds is 13. The van der Waals surface area contributed by atoms with Gasteiger partial charge in [-0.3, -0.25) is 10.1 Å². The van der Waals surface area contributed by atoms with Crippen LogP contribution in [0.4, 0.5) is 5.13 Å². The zero-order chi connectivity index (χ0) is 25.0. The molecule has 0 atom stereocenters. The molecule has 0 fully saturated rings. The lowest BCUT2D eigenvalue weighted by Crippen LogP contribution is -2.07. The standard InChI is InChI=1S/C28H34N2O4S/c1-5-7-8-9-18-34-24-16-10-21(19-25(24)32-4)11-17-26(31)29-28-30-27(20(3)35-28)22-12-14-23(15-13-22)33-6-2/h10-17,19H,5-9,18H2,1-4H3,(H,29,30,31)/b17-11+. The van der Waals surface area contributed by atoms with Gasteiger partial charge in [-0.1, -0.05) is 32.3 Å². The van der Waals surface area contributed by atoms with Crippen molar-refractivity contribution in [2.24, 2.45) is 0 Å². The maximum absolute atomic E-state index is 12.5. The number of amides is 1. The van der Waals surface area contributed by atoms with E-state index in [-0.39, 0.29) is 5.91 Å². The van der Waals surface area contributed by atoms with E-state index in [0.717, 1.165) is 40.3 Å². The van der Waals surface area contributed by atoms with E-state index in [9.17, 15) is 4.79 Å². The van der Waals surface area contributed by atoms with Gasteiger partial charge in [0.15, 0.2) is 16.6 Å². The highest BCUT2D eigenvalue weighted by Crippen LogP contribution is 2.32. The number of ether oxygens (including phenoxy) is 3. The molecule has 0 saturated carbocycles. The van der Waals surface area contributed by atoms with Crippen LogP contribution < -0.4 is 19.5 Å². The number of hydrogen-bond donors (Lipinski definition) is 1. The number of aryl methyl sites for hydroxylation is 1. The van der Waals surface area contributed by atoms with Gasteiger partial charge in [0.25, 0.3) is 0 Å². The highest BCUT2D eigenvalue weighted by molar-refractivity contribution is 7.16. The molecule has 35 heavy (non-hydrogen) atoms. The number of anilines is 1. The molecule has 0 spiro atoms. The van der Waals surface area contributed by atoms with Crippen LogP contribution in [-0.4, -0.2) is 31.2 Å². The van der Waals surface area contributed by atoms with Gasteiger partial charge in [-0.05, 0) is 68.3 Å². The van der Waals surface area contributed by atoms with Gasteiger partial charge in [0.2, 0.25) is 5.91 Å². The van der Waals surface area contributed by atoms with E-state index in [2.05, 4.69) is 17.2 Å². The molecule has 3 rings (SSSR count). The summed E-state index contributed by atoms with van der Waals surface area (Å²) >= 11 is 1.45. The number of methoxy groups -OCH3 is 1. The van der Waals surface area contributed by atoms with Crippen LogP contribution in [0.25, 0.3) is 17.3 Å². The Hall–Kier alpha value is -3.32. The van der Waals surface area contributed by atoms with E-state index >= 15 is 0 Å². The minimum absolute atomic E-state index is 0.243. The van der Waals surface area contributed by atoms with E-state index in [4.69, 9.17) is 14.2 Å². The molecule has 1 N–H and O–H groups in total. The number of aromatic nitrogens is 1. The van der Waals surface area contributed by atoms with Gasteiger partial charge in [-0.25, -0.2) is 4.98 Å². The fourth-order valence-electron chi connectivity index (χ4n) is 3.53. The Bertz CT molecular complexity index is 1120. The summed E-state index contributed by atoms with van der Waals surface area (Å²) in [5, 5.41) is 3.42. The summed E-state index contributed by atoms with van der Waals surface area (Å²) < 4.78 is 16.8. The summed E-state index contributed by atoms with van der Waals surface area (Å²) in [7, 11) is 1.62. The van der Waals surface area contributed by atoms with Crippen LogP contribution in [0.2, 0.25) is 0 Å². The van der Waals surface area contributed by atoms with Crippen LogP contribution in [0.15, 0.2) is 48.5 Å². The molecule has 2 aromatic carbocycles. The van der Waals surface area contributed by atoms with Crippen molar-refractivity contribution in [3.05, 3.63) is 59.0 Å². The van der Waals surface area contributed by atoms with Crippen molar-refractivity contribution >= 4 is 28.5 Å². The topological polar surface area (TPSA) is 69.7 Å². The summed E-state index contributed by atoms with van der Waals surface area (Å²) in [4.78, 5) is 18.1. The molecular weight excluding hydrogens is 460 g/mol. The van der Waals surface area contributed by atoms with Crippen LogP contribution in [0, 0.1) is 6.92 Å². The first-order valence-corrected chi connectivity index (χ1v) is 12.9. The SMILES string of the molecule is CCCCCCOc1ccc(/C=C/C(=O)Nc2nc(-c3ccc(OCC)cc3)c(C)s2)cc1OC. The number of carbonyl (C=O) groups is 1. The highest BCUT2D eigenvalue weighted by atomic mass is 32.1. The lowest BCUT2D eigenvalue weighted by molar-refractivity contribution is -0.111. The predicted octanol–water partition coefficient (Wildman–Crippen LogP) is 7.14. The van der Waals surface area contributed by atoms with Crippen LogP contribution in [0.5, 0.6) is 17.2 Å². The molecule has 0 bridgehead atoms. The molecule has 0 unspecified atom stereocenters. The summed E-state index contributed by atoms with van der Waals surface area (Å²) in [6, 6.07) is 13.5. The molecule has 0 aliphatic rings. The average Bonchev–Trinajstić information content (AvgIpc) is 3.23. The minimum atomic E-state index is -0.243. The summed E-state index contributed by atoms with van der Waals surface area (Å²) in [5.74, 6) is 1.95. The Labute approximate surface area is 212 Å². The fourth-order valence-corrected chi connectivity index (χ4v) is 4.37. The molecule has 0 aliphatic heterocycles.